The molecule has 0 spiro atoms. The van der Waals surface area contributed by atoms with Gasteiger partial charge in [0.15, 0.2) is 15.8 Å². The Morgan fingerprint density at radius 1 is 1.19 bits per heavy atom. The van der Waals surface area contributed by atoms with Gasteiger partial charge in [0, 0.05) is 53.0 Å². The van der Waals surface area contributed by atoms with Gasteiger partial charge in [-0.05, 0) is 31.6 Å². The summed E-state index contributed by atoms with van der Waals surface area (Å²) in [5, 5.41) is 6.86. The molecule has 0 radical (unpaired) electrons. The van der Waals surface area contributed by atoms with E-state index in [0.29, 0.717) is 18.5 Å². The summed E-state index contributed by atoms with van der Waals surface area (Å²) in [7, 11) is -1.01. The molecule has 2 aliphatic rings. The second-order valence-corrected chi connectivity index (χ2v) is 9.80. The van der Waals surface area contributed by atoms with Crippen molar-refractivity contribution in [3.8, 4) is 0 Å². The van der Waals surface area contributed by atoms with E-state index in [1.807, 2.05) is 6.92 Å². The van der Waals surface area contributed by atoms with E-state index < -0.39 is 9.84 Å². The molecule has 1 saturated heterocycles. The van der Waals surface area contributed by atoms with Gasteiger partial charge in [0.25, 0.3) is 0 Å². The molecule has 0 aromatic carbocycles. The Balaban J connectivity index is 1.69. The molecule has 152 valence electrons. The average molecular weight is 389 g/mol. The Morgan fingerprint density at radius 2 is 1.88 bits per heavy atom. The van der Waals surface area contributed by atoms with Crippen LogP contribution in [0.15, 0.2) is 4.99 Å². The van der Waals surface area contributed by atoms with Crippen molar-refractivity contribution in [2.75, 3.05) is 64.5 Å². The third-order valence-corrected chi connectivity index (χ3v) is 7.27. The molecule has 2 rings (SSSR count). The van der Waals surface area contributed by atoms with E-state index in [1.54, 1.807) is 7.05 Å². The van der Waals surface area contributed by atoms with E-state index in [9.17, 15) is 8.42 Å². The Labute approximate surface area is 158 Å². The summed E-state index contributed by atoms with van der Waals surface area (Å²) in [4.78, 5) is 6.53. The van der Waals surface area contributed by atoms with Gasteiger partial charge in [-0.3, -0.25) is 9.89 Å². The molecule has 0 aromatic rings. The molecule has 7 nitrogen and oxygen atoms in total. The highest BCUT2D eigenvalue weighted by molar-refractivity contribution is 7.91. The molecular weight excluding hydrogens is 352 g/mol. The van der Waals surface area contributed by atoms with Gasteiger partial charge >= 0.3 is 0 Å². The minimum atomic E-state index is -2.80. The van der Waals surface area contributed by atoms with Crippen molar-refractivity contribution in [3.05, 3.63) is 0 Å². The van der Waals surface area contributed by atoms with E-state index in [-0.39, 0.29) is 11.5 Å². The number of rotatable bonds is 9. The van der Waals surface area contributed by atoms with E-state index >= 15 is 0 Å². The van der Waals surface area contributed by atoms with Crippen molar-refractivity contribution in [2.45, 2.75) is 39.0 Å². The molecule has 8 heteroatoms. The SMILES string of the molecule is CCOCCC1(CNC(=NC)NCCN2CCS(=O)(=O)CC2)CCCC1. The third kappa shape index (κ3) is 7.04. The summed E-state index contributed by atoms with van der Waals surface area (Å²) in [6.45, 7) is 7.47. The van der Waals surface area contributed by atoms with Gasteiger partial charge < -0.3 is 15.4 Å². The van der Waals surface area contributed by atoms with Gasteiger partial charge in [0.2, 0.25) is 0 Å². The second-order valence-electron chi connectivity index (χ2n) is 7.50. The molecule has 0 bridgehead atoms. The first-order valence-electron chi connectivity index (χ1n) is 9.94. The van der Waals surface area contributed by atoms with E-state index in [1.165, 1.54) is 25.7 Å². The predicted octanol–water partition coefficient (Wildman–Crippen LogP) is 0.869. The third-order valence-electron chi connectivity index (χ3n) is 5.66. The van der Waals surface area contributed by atoms with Gasteiger partial charge in [-0.2, -0.15) is 0 Å². The maximum Gasteiger partial charge on any atom is 0.191 e. The lowest BCUT2D eigenvalue weighted by Crippen LogP contribution is -2.47. The number of sulfone groups is 1. The summed E-state index contributed by atoms with van der Waals surface area (Å²) in [6, 6.07) is 0. The van der Waals surface area contributed by atoms with Crippen LogP contribution >= 0.6 is 0 Å². The number of hydrogen-bond donors (Lipinski definition) is 2. The summed E-state index contributed by atoms with van der Waals surface area (Å²) < 4.78 is 28.5. The van der Waals surface area contributed by atoms with Gasteiger partial charge in [0.05, 0.1) is 11.5 Å². The molecule has 2 N–H and O–H groups in total. The molecule has 26 heavy (non-hydrogen) atoms. The van der Waals surface area contributed by atoms with Crippen molar-refractivity contribution >= 4 is 15.8 Å². The number of guanidine groups is 1. The van der Waals surface area contributed by atoms with E-state index in [0.717, 1.165) is 45.2 Å². The topological polar surface area (TPSA) is 83.0 Å². The Bertz CT molecular complexity index is 531. The normalized spacial score (nSPS) is 23.1. The van der Waals surface area contributed by atoms with Crippen molar-refractivity contribution in [1.82, 2.24) is 15.5 Å². The van der Waals surface area contributed by atoms with Crippen LogP contribution in [0, 0.1) is 5.41 Å². The van der Waals surface area contributed by atoms with Crippen LogP contribution in [0.3, 0.4) is 0 Å². The standard InChI is InChI=1S/C18H36N4O3S/c1-3-25-13-8-18(6-4-5-7-18)16-21-17(19-2)20-9-10-22-11-14-26(23,24)15-12-22/h3-16H2,1-2H3,(H2,19,20,21). The largest absolute Gasteiger partial charge is 0.382 e. The molecule has 2 fully saturated rings. The van der Waals surface area contributed by atoms with Crippen molar-refractivity contribution < 1.29 is 13.2 Å². The molecule has 0 atom stereocenters. The maximum atomic E-state index is 11.5. The molecule has 0 amide bonds. The number of nitrogens with one attached hydrogen (secondary N) is 2. The number of aliphatic imine (C=N–C) groups is 1. The lowest BCUT2D eigenvalue weighted by atomic mass is 9.83. The summed E-state index contributed by atoms with van der Waals surface area (Å²) >= 11 is 0. The highest BCUT2D eigenvalue weighted by Gasteiger charge is 2.33. The summed E-state index contributed by atoms with van der Waals surface area (Å²) in [6.07, 6.45) is 6.22. The zero-order valence-corrected chi connectivity index (χ0v) is 17.2. The second kappa shape index (κ2) is 10.5. The summed E-state index contributed by atoms with van der Waals surface area (Å²) in [5.41, 5.74) is 0.327. The molecule has 1 aliphatic heterocycles. The van der Waals surface area contributed by atoms with E-state index in [4.69, 9.17) is 4.74 Å². The highest BCUT2D eigenvalue weighted by Crippen LogP contribution is 2.40. The lowest BCUT2D eigenvalue weighted by molar-refractivity contribution is 0.105. The van der Waals surface area contributed by atoms with Crippen LogP contribution in [0.2, 0.25) is 0 Å². The molecule has 1 heterocycles. The maximum absolute atomic E-state index is 11.5. The molecule has 0 aromatic heterocycles. The molecule has 1 saturated carbocycles. The minimum Gasteiger partial charge on any atom is -0.382 e. The van der Waals surface area contributed by atoms with Crippen molar-refractivity contribution in [1.29, 1.82) is 0 Å². The predicted molar refractivity (Wildman–Crippen MR) is 106 cm³/mol. The fourth-order valence-electron chi connectivity index (χ4n) is 3.87. The molecular formula is C18H36N4O3S. The minimum absolute atomic E-state index is 0.280. The monoisotopic (exact) mass is 388 g/mol. The van der Waals surface area contributed by atoms with E-state index in [2.05, 4.69) is 20.5 Å². The first kappa shape index (κ1) is 21.4. The fourth-order valence-corrected chi connectivity index (χ4v) is 5.15. The zero-order chi connectivity index (χ0) is 18.9. The van der Waals surface area contributed by atoms with Crippen LogP contribution < -0.4 is 10.6 Å². The van der Waals surface area contributed by atoms with Crippen molar-refractivity contribution in [3.63, 3.8) is 0 Å². The van der Waals surface area contributed by atoms with Crippen LogP contribution in [0.5, 0.6) is 0 Å². The first-order chi connectivity index (χ1) is 12.5. The fraction of sp³-hybridized carbons (Fsp3) is 0.944. The lowest BCUT2D eigenvalue weighted by Gasteiger charge is -2.30. The Morgan fingerprint density at radius 3 is 2.50 bits per heavy atom. The van der Waals surface area contributed by atoms with Gasteiger partial charge in [0.1, 0.15) is 0 Å². The van der Waals surface area contributed by atoms with Gasteiger partial charge in [-0.15, -0.1) is 0 Å². The Kier molecular flexibility index (Phi) is 8.63. The van der Waals surface area contributed by atoms with Gasteiger partial charge in [-0.25, -0.2) is 8.42 Å². The quantitative estimate of drug-likeness (QED) is 0.346. The Hall–Kier alpha value is -0.860. The average Bonchev–Trinajstić information content (AvgIpc) is 3.08. The van der Waals surface area contributed by atoms with Crippen LogP contribution in [-0.2, 0) is 14.6 Å². The van der Waals surface area contributed by atoms with Crippen LogP contribution in [-0.4, -0.2) is 83.8 Å². The van der Waals surface area contributed by atoms with Gasteiger partial charge in [-0.1, -0.05) is 12.8 Å². The number of hydrogen-bond acceptors (Lipinski definition) is 5. The number of ether oxygens (including phenoxy) is 1. The van der Waals surface area contributed by atoms with Crippen LogP contribution in [0.4, 0.5) is 0 Å². The number of nitrogens with zero attached hydrogens (tertiary/aromatic N) is 2. The summed E-state index contributed by atoms with van der Waals surface area (Å²) in [5.74, 6) is 1.39. The first-order valence-corrected chi connectivity index (χ1v) is 11.8. The highest BCUT2D eigenvalue weighted by atomic mass is 32.2. The van der Waals surface area contributed by atoms with Crippen molar-refractivity contribution in [2.24, 2.45) is 10.4 Å². The molecule has 1 aliphatic carbocycles. The van der Waals surface area contributed by atoms with Crippen LogP contribution in [0.25, 0.3) is 0 Å². The zero-order valence-electron chi connectivity index (χ0n) is 16.4. The molecule has 0 unspecified atom stereocenters. The van der Waals surface area contributed by atoms with Crippen LogP contribution in [0.1, 0.15) is 39.0 Å². The smallest absolute Gasteiger partial charge is 0.191 e.